The van der Waals surface area contributed by atoms with E-state index in [-0.39, 0.29) is 0 Å². The van der Waals surface area contributed by atoms with Gasteiger partial charge in [-0.1, -0.05) is 15.9 Å². The molecule has 15 heavy (non-hydrogen) atoms. The maximum absolute atomic E-state index is 5.77. The van der Waals surface area contributed by atoms with Crippen LogP contribution < -0.4 is 10.1 Å². The smallest absolute Gasteiger partial charge is 0.133 e. The first-order chi connectivity index (χ1) is 7.25. The number of nitrogens with one attached hydrogen (secondary N) is 1. The summed E-state index contributed by atoms with van der Waals surface area (Å²) in [6.07, 6.45) is 1.22. The molecule has 4 heteroatoms. The quantitative estimate of drug-likeness (QED) is 0.916. The normalized spacial score (nSPS) is 20.5. The molecule has 0 radical (unpaired) electrons. The molecule has 1 saturated heterocycles. The van der Waals surface area contributed by atoms with Gasteiger partial charge in [-0.15, -0.1) is 0 Å². The van der Waals surface area contributed by atoms with Gasteiger partial charge in [0, 0.05) is 16.9 Å². The van der Waals surface area contributed by atoms with Crippen LogP contribution in [0.25, 0.3) is 0 Å². The van der Waals surface area contributed by atoms with E-state index in [1.165, 1.54) is 6.42 Å². The van der Waals surface area contributed by atoms with Gasteiger partial charge in [-0.2, -0.15) is 0 Å². The largest absolute Gasteiger partial charge is 0.492 e. The summed E-state index contributed by atoms with van der Waals surface area (Å²) in [6.45, 7) is 3.00. The molecule has 0 bridgehead atoms. The monoisotopic (exact) mass is 333 g/mol. The van der Waals surface area contributed by atoms with E-state index in [0.29, 0.717) is 5.92 Å². The lowest BCUT2D eigenvalue weighted by molar-refractivity contribution is 0.258. The Morgan fingerprint density at radius 3 is 2.93 bits per heavy atom. The van der Waals surface area contributed by atoms with E-state index in [4.69, 9.17) is 4.74 Å². The summed E-state index contributed by atoms with van der Waals surface area (Å²) in [5.41, 5.74) is 0. The minimum atomic E-state index is 0.653. The first kappa shape index (κ1) is 11.4. The number of benzene rings is 1. The van der Waals surface area contributed by atoms with Gasteiger partial charge in [0.1, 0.15) is 5.75 Å². The fourth-order valence-electron chi connectivity index (χ4n) is 1.66. The van der Waals surface area contributed by atoms with Crippen LogP contribution >= 0.6 is 31.9 Å². The summed E-state index contributed by atoms with van der Waals surface area (Å²) in [6, 6.07) is 5.98. The Balaban J connectivity index is 1.92. The molecule has 1 N–H and O–H groups in total. The average molecular weight is 335 g/mol. The fraction of sp³-hybridized carbons (Fsp3) is 0.455. The topological polar surface area (TPSA) is 21.3 Å². The highest BCUT2D eigenvalue weighted by atomic mass is 79.9. The highest BCUT2D eigenvalue weighted by Gasteiger charge is 2.15. The van der Waals surface area contributed by atoms with Crippen molar-refractivity contribution in [2.75, 3.05) is 19.7 Å². The van der Waals surface area contributed by atoms with Crippen molar-refractivity contribution in [3.8, 4) is 5.75 Å². The first-order valence-corrected chi connectivity index (χ1v) is 6.63. The third-order valence-electron chi connectivity index (χ3n) is 2.53. The van der Waals surface area contributed by atoms with Crippen molar-refractivity contribution >= 4 is 31.9 Å². The molecule has 1 aliphatic rings. The van der Waals surface area contributed by atoms with Crippen LogP contribution in [0.1, 0.15) is 6.42 Å². The Kier molecular flexibility index (Phi) is 4.05. The van der Waals surface area contributed by atoms with Gasteiger partial charge in [0.25, 0.3) is 0 Å². The van der Waals surface area contributed by atoms with Crippen LogP contribution in [0.15, 0.2) is 27.1 Å². The van der Waals surface area contributed by atoms with E-state index >= 15 is 0 Å². The van der Waals surface area contributed by atoms with Crippen LogP contribution in [-0.2, 0) is 0 Å². The van der Waals surface area contributed by atoms with Crippen LogP contribution in [0.4, 0.5) is 0 Å². The Bertz CT molecular complexity index is 337. The minimum Gasteiger partial charge on any atom is -0.492 e. The van der Waals surface area contributed by atoms with E-state index in [9.17, 15) is 0 Å². The number of halogens is 2. The molecule has 0 saturated carbocycles. The van der Waals surface area contributed by atoms with Crippen molar-refractivity contribution in [3.05, 3.63) is 27.1 Å². The van der Waals surface area contributed by atoms with Crippen molar-refractivity contribution in [3.63, 3.8) is 0 Å². The number of hydrogen-bond donors (Lipinski definition) is 1. The van der Waals surface area contributed by atoms with Crippen molar-refractivity contribution in [1.82, 2.24) is 5.32 Å². The summed E-state index contributed by atoms with van der Waals surface area (Å²) >= 11 is 6.90. The third-order valence-corrected chi connectivity index (χ3v) is 3.64. The molecule has 1 aromatic rings. The lowest BCUT2D eigenvalue weighted by Crippen LogP contribution is -2.15. The van der Waals surface area contributed by atoms with E-state index in [0.717, 1.165) is 34.4 Å². The highest BCUT2D eigenvalue weighted by Crippen LogP contribution is 2.28. The summed E-state index contributed by atoms with van der Waals surface area (Å²) < 4.78 is 7.83. The van der Waals surface area contributed by atoms with E-state index < -0.39 is 0 Å². The second kappa shape index (κ2) is 5.32. The van der Waals surface area contributed by atoms with Gasteiger partial charge in [0.05, 0.1) is 11.1 Å². The molecule has 1 atom stereocenters. The van der Waals surface area contributed by atoms with Crippen molar-refractivity contribution < 1.29 is 4.74 Å². The molecule has 0 amide bonds. The molecule has 0 unspecified atom stereocenters. The average Bonchev–Trinajstić information content (AvgIpc) is 2.69. The summed E-state index contributed by atoms with van der Waals surface area (Å²) in [4.78, 5) is 0. The summed E-state index contributed by atoms with van der Waals surface area (Å²) in [5, 5.41) is 3.33. The van der Waals surface area contributed by atoms with E-state index in [1.807, 2.05) is 18.2 Å². The molecule has 0 aliphatic carbocycles. The van der Waals surface area contributed by atoms with Crippen LogP contribution in [-0.4, -0.2) is 19.7 Å². The predicted octanol–water partition coefficient (Wildman–Crippen LogP) is 3.20. The van der Waals surface area contributed by atoms with Crippen molar-refractivity contribution in [1.29, 1.82) is 0 Å². The molecule has 2 nitrogen and oxygen atoms in total. The van der Waals surface area contributed by atoms with Crippen molar-refractivity contribution in [2.24, 2.45) is 5.92 Å². The van der Waals surface area contributed by atoms with Gasteiger partial charge in [-0.3, -0.25) is 0 Å². The standard InChI is InChI=1S/C11H13Br2NO/c12-9-1-2-11(10(13)5-9)15-7-8-3-4-14-6-8/h1-2,5,8,14H,3-4,6-7H2/t8-/m0/s1. The lowest BCUT2D eigenvalue weighted by Gasteiger charge is -2.12. The predicted molar refractivity (Wildman–Crippen MR) is 68.3 cm³/mol. The molecule has 0 spiro atoms. The zero-order chi connectivity index (χ0) is 10.7. The van der Waals surface area contributed by atoms with E-state index in [1.54, 1.807) is 0 Å². The van der Waals surface area contributed by atoms with Gasteiger partial charge in [-0.05, 0) is 47.1 Å². The molecule has 1 aliphatic heterocycles. The third kappa shape index (κ3) is 3.20. The number of hydrogen-bond acceptors (Lipinski definition) is 2. The van der Waals surface area contributed by atoms with E-state index in [2.05, 4.69) is 37.2 Å². The molecular weight excluding hydrogens is 322 g/mol. The Hall–Kier alpha value is -0.0600. The Morgan fingerprint density at radius 2 is 2.27 bits per heavy atom. The first-order valence-electron chi connectivity index (χ1n) is 5.04. The molecule has 2 rings (SSSR count). The number of rotatable bonds is 3. The van der Waals surface area contributed by atoms with Crippen LogP contribution in [0.5, 0.6) is 5.75 Å². The zero-order valence-electron chi connectivity index (χ0n) is 8.30. The molecular formula is C11H13Br2NO. The molecule has 1 aromatic carbocycles. The molecule has 1 heterocycles. The SMILES string of the molecule is Brc1ccc(OC[C@H]2CCNC2)c(Br)c1. The van der Waals surface area contributed by atoms with Gasteiger partial charge in [0.2, 0.25) is 0 Å². The van der Waals surface area contributed by atoms with Gasteiger partial charge < -0.3 is 10.1 Å². The maximum atomic E-state index is 5.77. The molecule has 82 valence electrons. The minimum absolute atomic E-state index is 0.653. The maximum Gasteiger partial charge on any atom is 0.133 e. The number of ether oxygens (including phenoxy) is 1. The van der Waals surface area contributed by atoms with Gasteiger partial charge >= 0.3 is 0 Å². The second-order valence-electron chi connectivity index (χ2n) is 3.74. The molecule has 0 aromatic heterocycles. The highest BCUT2D eigenvalue weighted by molar-refractivity contribution is 9.11. The van der Waals surface area contributed by atoms with Crippen LogP contribution in [0, 0.1) is 5.92 Å². The second-order valence-corrected chi connectivity index (χ2v) is 5.51. The van der Waals surface area contributed by atoms with Gasteiger partial charge in [-0.25, -0.2) is 0 Å². The Labute approximate surface area is 107 Å². The summed E-state index contributed by atoms with van der Waals surface area (Å²) in [7, 11) is 0. The Morgan fingerprint density at radius 1 is 1.40 bits per heavy atom. The van der Waals surface area contributed by atoms with Crippen LogP contribution in [0.2, 0.25) is 0 Å². The zero-order valence-corrected chi connectivity index (χ0v) is 11.5. The summed E-state index contributed by atoms with van der Waals surface area (Å²) in [5.74, 6) is 1.57. The lowest BCUT2D eigenvalue weighted by atomic mass is 10.1. The van der Waals surface area contributed by atoms with Crippen molar-refractivity contribution in [2.45, 2.75) is 6.42 Å². The van der Waals surface area contributed by atoms with Crippen LogP contribution in [0.3, 0.4) is 0 Å². The molecule has 1 fully saturated rings. The fourth-order valence-corrected chi connectivity index (χ4v) is 2.82. The van der Waals surface area contributed by atoms with Gasteiger partial charge in [0.15, 0.2) is 0 Å².